The maximum Gasteiger partial charge on any atom is 0.230 e. The maximum absolute atomic E-state index is 12.7. The molecule has 2 aromatic heterocycles. The highest BCUT2D eigenvalue weighted by atomic mass is 35.5. The molecule has 4 rings (SSSR count). The lowest BCUT2D eigenvalue weighted by atomic mass is 9.87. The topological polar surface area (TPSA) is 75.6 Å². The van der Waals surface area contributed by atoms with Crippen LogP contribution < -0.4 is 5.32 Å². The number of aromatic nitrogens is 4. The summed E-state index contributed by atoms with van der Waals surface area (Å²) in [6.45, 7) is 2.76. The number of hydrogen-bond acceptors (Lipinski definition) is 3. The Morgan fingerprint density at radius 2 is 2.38 bits per heavy atom. The average molecular weight is 344 g/mol. The highest BCUT2D eigenvalue weighted by Gasteiger charge is 2.27. The van der Waals surface area contributed by atoms with Gasteiger partial charge in [-0.15, -0.1) is 0 Å². The smallest absolute Gasteiger partial charge is 0.230 e. The van der Waals surface area contributed by atoms with Gasteiger partial charge in [0.05, 0.1) is 17.2 Å². The largest absolute Gasteiger partial charge is 0.310 e. The lowest BCUT2D eigenvalue weighted by molar-refractivity contribution is -0.120. The second kappa shape index (κ2) is 5.94. The molecule has 0 saturated heterocycles. The summed E-state index contributed by atoms with van der Waals surface area (Å²) in [4.78, 5) is 17.2. The van der Waals surface area contributed by atoms with Gasteiger partial charge in [-0.25, -0.2) is 4.98 Å². The number of carbonyl (C=O) groups is 1. The van der Waals surface area contributed by atoms with E-state index in [2.05, 4.69) is 20.5 Å². The first-order valence-electron chi connectivity index (χ1n) is 8.13. The van der Waals surface area contributed by atoms with Crippen molar-refractivity contribution in [3.8, 4) is 0 Å². The van der Waals surface area contributed by atoms with E-state index in [1.807, 2.05) is 35.9 Å². The number of aromatic amines is 1. The highest BCUT2D eigenvalue weighted by Crippen LogP contribution is 2.27. The number of aryl methyl sites for hydroxylation is 2. The molecular formula is C17H18ClN5O. The van der Waals surface area contributed by atoms with Crippen LogP contribution in [0.15, 0.2) is 24.4 Å². The summed E-state index contributed by atoms with van der Waals surface area (Å²) in [5, 5.41) is 10.7. The number of fused-ring (bicyclic) bond motifs is 2. The number of H-pyrrole nitrogens is 1. The van der Waals surface area contributed by atoms with E-state index >= 15 is 0 Å². The first kappa shape index (κ1) is 15.2. The number of rotatable bonds is 3. The molecule has 2 heterocycles. The lowest BCUT2D eigenvalue weighted by Gasteiger charge is -2.20. The van der Waals surface area contributed by atoms with Gasteiger partial charge < -0.3 is 4.57 Å². The monoisotopic (exact) mass is 343 g/mol. The van der Waals surface area contributed by atoms with Gasteiger partial charge in [-0.05, 0) is 49.9 Å². The van der Waals surface area contributed by atoms with Gasteiger partial charge in [-0.3, -0.25) is 15.2 Å². The summed E-state index contributed by atoms with van der Waals surface area (Å²) in [6.07, 6.45) is 4.21. The molecule has 124 valence electrons. The van der Waals surface area contributed by atoms with E-state index < -0.39 is 0 Å². The molecular weight excluding hydrogens is 326 g/mol. The molecule has 1 aromatic carbocycles. The predicted octanol–water partition coefficient (Wildman–Crippen LogP) is 3.18. The molecule has 0 saturated carbocycles. The fraction of sp³-hybridized carbons (Fsp3) is 0.353. The Labute approximate surface area is 144 Å². The van der Waals surface area contributed by atoms with Crippen molar-refractivity contribution in [2.75, 3.05) is 5.32 Å². The number of nitrogens with zero attached hydrogens (tertiary/aromatic N) is 3. The van der Waals surface area contributed by atoms with Crippen LogP contribution in [0.4, 0.5) is 5.95 Å². The van der Waals surface area contributed by atoms with Gasteiger partial charge in [0, 0.05) is 23.2 Å². The van der Waals surface area contributed by atoms with Crippen LogP contribution in [0, 0.1) is 5.92 Å². The molecule has 3 aromatic rings. The zero-order chi connectivity index (χ0) is 16.7. The Morgan fingerprint density at radius 3 is 3.21 bits per heavy atom. The summed E-state index contributed by atoms with van der Waals surface area (Å²) in [5.74, 6) is 0.541. The van der Waals surface area contributed by atoms with Crippen LogP contribution >= 0.6 is 11.6 Å². The number of nitrogens with one attached hydrogen (secondary N) is 2. The van der Waals surface area contributed by atoms with Gasteiger partial charge in [0.1, 0.15) is 0 Å². The zero-order valence-corrected chi connectivity index (χ0v) is 14.1. The standard InChI is InChI=1S/C17H18ClN5O/c1-2-23-15-6-4-12(18)8-14(15)20-17(23)21-16(24)10-3-5-13-11(7-10)9-19-22-13/h4,6,8-10H,2-3,5,7H2,1H3,(H,19,22)(H,20,21,24). The molecule has 7 heteroatoms. The van der Waals surface area contributed by atoms with Crippen LogP contribution in [0.25, 0.3) is 11.0 Å². The van der Waals surface area contributed by atoms with Crippen molar-refractivity contribution in [3.05, 3.63) is 40.7 Å². The summed E-state index contributed by atoms with van der Waals surface area (Å²) in [6, 6.07) is 5.59. The summed E-state index contributed by atoms with van der Waals surface area (Å²) >= 11 is 6.04. The van der Waals surface area contributed by atoms with Crippen molar-refractivity contribution in [1.29, 1.82) is 0 Å². The third kappa shape index (κ3) is 2.57. The van der Waals surface area contributed by atoms with E-state index in [0.717, 1.165) is 48.1 Å². The number of anilines is 1. The molecule has 2 N–H and O–H groups in total. The molecule has 6 nitrogen and oxygen atoms in total. The summed E-state index contributed by atoms with van der Waals surface area (Å²) in [7, 11) is 0. The number of imidazole rings is 1. The predicted molar refractivity (Wildman–Crippen MR) is 93.1 cm³/mol. The van der Waals surface area contributed by atoms with E-state index in [1.165, 1.54) is 0 Å². The first-order valence-corrected chi connectivity index (χ1v) is 8.51. The van der Waals surface area contributed by atoms with E-state index in [9.17, 15) is 4.79 Å². The minimum Gasteiger partial charge on any atom is -0.310 e. The Bertz CT molecular complexity index is 913. The minimum atomic E-state index is -0.0520. The van der Waals surface area contributed by atoms with Crippen molar-refractivity contribution in [2.45, 2.75) is 32.7 Å². The van der Waals surface area contributed by atoms with Gasteiger partial charge in [0.2, 0.25) is 11.9 Å². The highest BCUT2D eigenvalue weighted by molar-refractivity contribution is 6.31. The van der Waals surface area contributed by atoms with Crippen molar-refractivity contribution >= 4 is 34.5 Å². The molecule has 0 spiro atoms. The van der Waals surface area contributed by atoms with Crippen LogP contribution in [0.3, 0.4) is 0 Å². The van der Waals surface area contributed by atoms with Crippen LogP contribution in [-0.4, -0.2) is 25.7 Å². The van der Waals surface area contributed by atoms with Crippen LogP contribution in [0.5, 0.6) is 0 Å². The molecule has 24 heavy (non-hydrogen) atoms. The number of amides is 1. The zero-order valence-electron chi connectivity index (χ0n) is 13.3. The molecule has 0 aliphatic heterocycles. The van der Waals surface area contributed by atoms with E-state index in [0.29, 0.717) is 11.0 Å². The van der Waals surface area contributed by atoms with Crippen molar-refractivity contribution in [2.24, 2.45) is 5.92 Å². The van der Waals surface area contributed by atoms with E-state index in [-0.39, 0.29) is 11.8 Å². The maximum atomic E-state index is 12.7. The lowest BCUT2D eigenvalue weighted by Crippen LogP contribution is -2.29. The van der Waals surface area contributed by atoms with Gasteiger partial charge in [-0.2, -0.15) is 5.10 Å². The fourth-order valence-corrected chi connectivity index (χ4v) is 3.54. The Kier molecular flexibility index (Phi) is 3.76. The Morgan fingerprint density at radius 1 is 1.50 bits per heavy atom. The second-order valence-electron chi connectivity index (χ2n) is 6.12. The van der Waals surface area contributed by atoms with Gasteiger partial charge in [0.15, 0.2) is 0 Å². The molecule has 1 amide bonds. The fourth-order valence-electron chi connectivity index (χ4n) is 3.37. The molecule has 1 atom stereocenters. The first-order chi connectivity index (χ1) is 11.7. The van der Waals surface area contributed by atoms with Crippen LogP contribution in [0.2, 0.25) is 5.02 Å². The summed E-state index contributed by atoms with van der Waals surface area (Å²) < 4.78 is 2.00. The minimum absolute atomic E-state index is 0.0120. The van der Waals surface area contributed by atoms with Crippen molar-refractivity contribution in [1.82, 2.24) is 19.7 Å². The molecule has 0 bridgehead atoms. The SMILES string of the molecule is CCn1c(NC(=O)C2CCc3[nH]ncc3C2)nc2cc(Cl)ccc21. The molecule has 1 aliphatic carbocycles. The quantitative estimate of drug-likeness (QED) is 0.767. The van der Waals surface area contributed by atoms with Crippen LogP contribution in [-0.2, 0) is 24.2 Å². The summed E-state index contributed by atoms with van der Waals surface area (Å²) in [5.41, 5.74) is 4.05. The van der Waals surface area contributed by atoms with E-state index in [1.54, 1.807) is 0 Å². The van der Waals surface area contributed by atoms with Crippen molar-refractivity contribution in [3.63, 3.8) is 0 Å². The van der Waals surface area contributed by atoms with Gasteiger partial charge >= 0.3 is 0 Å². The molecule has 1 unspecified atom stereocenters. The van der Waals surface area contributed by atoms with Gasteiger partial charge in [0.25, 0.3) is 0 Å². The third-order valence-corrected chi connectivity index (χ3v) is 4.88. The number of hydrogen-bond donors (Lipinski definition) is 2. The number of halogens is 1. The number of carbonyl (C=O) groups excluding carboxylic acids is 1. The third-order valence-electron chi connectivity index (χ3n) is 4.65. The molecule has 0 fully saturated rings. The van der Waals surface area contributed by atoms with Crippen LogP contribution in [0.1, 0.15) is 24.6 Å². The van der Waals surface area contributed by atoms with E-state index in [4.69, 9.17) is 11.6 Å². The Balaban J connectivity index is 1.59. The van der Waals surface area contributed by atoms with Gasteiger partial charge in [-0.1, -0.05) is 11.6 Å². The molecule has 0 radical (unpaired) electrons. The van der Waals surface area contributed by atoms with Crippen molar-refractivity contribution < 1.29 is 4.79 Å². The second-order valence-corrected chi connectivity index (χ2v) is 6.55. The average Bonchev–Trinajstić information content (AvgIpc) is 3.17. The normalized spacial score (nSPS) is 17.0. The molecule has 1 aliphatic rings. The number of benzene rings is 1. The Hall–Kier alpha value is -2.34.